The van der Waals surface area contributed by atoms with E-state index in [0.29, 0.717) is 11.3 Å². The zero-order chi connectivity index (χ0) is 11.5. The molecule has 0 bridgehead atoms. The lowest BCUT2D eigenvalue weighted by Crippen LogP contribution is -2.03. The fourth-order valence-electron chi connectivity index (χ4n) is 1.17. The lowest BCUT2D eigenvalue weighted by Gasteiger charge is -1.99. The Balaban J connectivity index is 2.32. The lowest BCUT2D eigenvalue weighted by molar-refractivity contribution is -0.711. The number of hydrogen-bond acceptors (Lipinski definition) is 6. The maximum atomic E-state index is 10.1. The molecule has 0 saturated heterocycles. The van der Waals surface area contributed by atoms with Crippen molar-refractivity contribution in [2.45, 2.75) is 0 Å². The zero-order valence-corrected chi connectivity index (χ0v) is 8.27. The van der Waals surface area contributed by atoms with Crippen molar-refractivity contribution in [1.82, 2.24) is 20.0 Å². The Kier molecular flexibility index (Phi) is 2.46. The molecule has 0 aliphatic rings. The first kappa shape index (κ1) is 10.0. The average molecular weight is 221 g/mol. The molecule has 0 unspecified atom stereocenters. The van der Waals surface area contributed by atoms with Gasteiger partial charge in [0.25, 0.3) is 5.09 Å². The molecule has 82 valence electrons. The van der Waals surface area contributed by atoms with Gasteiger partial charge in [-0.15, -0.1) is 15.2 Å². The molecule has 2 aromatic heterocycles. The first-order chi connectivity index (χ1) is 7.65. The van der Waals surface area contributed by atoms with Crippen molar-refractivity contribution >= 4 is 0 Å². The topological polar surface area (TPSA) is 96.0 Å². The minimum Gasteiger partial charge on any atom is -0.275 e. The van der Waals surface area contributed by atoms with Crippen molar-refractivity contribution < 1.29 is 9.92 Å². The molecule has 2 heterocycles. The van der Waals surface area contributed by atoms with Gasteiger partial charge in [-0.1, -0.05) is 5.21 Å². The molecule has 8 nitrogen and oxygen atoms in total. The summed E-state index contributed by atoms with van der Waals surface area (Å²) in [5.41, 5.74) is 1.18. The molecule has 8 heteroatoms. The Morgan fingerprint density at radius 1 is 1.50 bits per heavy atom. The highest BCUT2D eigenvalue weighted by atomic mass is 17.0. The summed E-state index contributed by atoms with van der Waals surface area (Å²) in [5.74, 6) is 0.0492. The van der Waals surface area contributed by atoms with Gasteiger partial charge in [0.1, 0.15) is 11.4 Å². The third kappa shape index (κ3) is 2.11. The normalized spacial score (nSPS) is 10.1. The fourth-order valence-corrected chi connectivity index (χ4v) is 1.17. The Bertz CT molecular complexity index is 524. The predicted molar refractivity (Wildman–Crippen MR) is 51.9 cm³/mol. The van der Waals surface area contributed by atoms with E-state index < -0.39 is 5.09 Å². The maximum absolute atomic E-state index is 10.1. The Labute approximate surface area is 89.6 Å². The zero-order valence-electron chi connectivity index (χ0n) is 8.27. The number of aromatic nitrogens is 4. The molecular formula is C8H7N5O3. The van der Waals surface area contributed by atoms with Crippen LogP contribution in [0.4, 0.5) is 0 Å². The van der Waals surface area contributed by atoms with E-state index in [4.69, 9.17) is 0 Å². The first-order valence-electron chi connectivity index (χ1n) is 4.29. The standard InChI is InChI=1S/C8H7N5O3/c1-12-5-8(10-11-12)6-2-7(4-9-3-6)16-13(14)15/h2-5H,1H3. The molecule has 0 atom stereocenters. The predicted octanol–water partition coefficient (Wildman–Crippen LogP) is 0.448. The summed E-state index contributed by atoms with van der Waals surface area (Å²) in [7, 11) is 1.72. The van der Waals surface area contributed by atoms with E-state index in [9.17, 15) is 10.1 Å². The molecule has 2 rings (SSSR count). The van der Waals surface area contributed by atoms with Gasteiger partial charge in [0.05, 0.1) is 12.4 Å². The van der Waals surface area contributed by atoms with Crippen molar-refractivity contribution in [2.24, 2.45) is 7.05 Å². The van der Waals surface area contributed by atoms with E-state index >= 15 is 0 Å². The monoisotopic (exact) mass is 221 g/mol. The van der Waals surface area contributed by atoms with E-state index in [0.717, 1.165) is 0 Å². The van der Waals surface area contributed by atoms with Crippen molar-refractivity contribution in [3.05, 3.63) is 34.8 Å². The van der Waals surface area contributed by atoms with Crippen LogP contribution in [-0.4, -0.2) is 25.1 Å². The van der Waals surface area contributed by atoms with E-state index in [1.165, 1.54) is 23.1 Å². The second kappa shape index (κ2) is 3.93. The van der Waals surface area contributed by atoms with Gasteiger partial charge in [-0.05, 0) is 6.07 Å². The smallest absolute Gasteiger partial charge is 0.275 e. The van der Waals surface area contributed by atoms with Crippen LogP contribution in [-0.2, 0) is 7.05 Å². The average Bonchev–Trinajstić information content (AvgIpc) is 2.64. The highest BCUT2D eigenvalue weighted by molar-refractivity contribution is 5.58. The molecule has 0 fully saturated rings. The fraction of sp³-hybridized carbons (Fsp3) is 0.125. The second-order valence-electron chi connectivity index (χ2n) is 3.00. The summed E-state index contributed by atoms with van der Waals surface area (Å²) in [5, 5.41) is 16.9. The van der Waals surface area contributed by atoms with Crippen LogP contribution in [0.2, 0.25) is 0 Å². The highest BCUT2D eigenvalue weighted by Gasteiger charge is 2.06. The van der Waals surface area contributed by atoms with Crippen LogP contribution >= 0.6 is 0 Å². The number of aryl methyl sites for hydroxylation is 1. The molecule has 0 radical (unpaired) electrons. The largest absolute Gasteiger partial charge is 0.299 e. The van der Waals surface area contributed by atoms with Gasteiger partial charge < -0.3 is 0 Å². The molecule has 0 aromatic carbocycles. The summed E-state index contributed by atoms with van der Waals surface area (Å²) < 4.78 is 1.52. The molecule has 0 amide bonds. The van der Waals surface area contributed by atoms with Crippen molar-refractivity contribution in [3.63, 3.8) is 0 Å². The van der Waals surface area contributed by atoms with Crippen LogP contribution in [0.5, 0.6) is 5.75 Å². The van der Waals surface area contributed by atoms with Gasteiger partial charge in [0, 0.05) is 18.8 Å². The summed E-state index contributed by atoms with van der Waals surface area (Å²) >= 11 is 0. The Morgan fingerprint density at radius 3 is 2.94 bits per heavy atom. The number of pyridine rings is 1. The van der Waals surface area contributed by atoms with E-state index in [2.05, 4.69) is 20.1 Å². The van der Waals surface area contributed by atoms with E-state index in [-0.39, 0.29) is 5.75 Å². The highest BCUT2D eigenvalue weighted by Crippen LogP contribution is 2.19. The summed E-state index contributed by atoms with van der Waals surface area (Å²) in [4.78, 5) is 18.2. The maximum Gasteiger partial charge on any atom is 0.299 e. The molecule has 0 aliphatic carbocycles. The number of nitrogens with zero attached hydrogens (tertiary/aromatic N) is 5. The molecule has 2 aromatic rings. The molecule has 0 spiro atoms. The van der Waals surface area contributed by atoms with E-state index in [1.54, 1.807) is 13.2 Å². The quantitative estimate of drug-likeness (QED) is 0.551. The first-order valence-corrected chi connectivity index (χ1v) is 4.29. The third-order valence-corrected chi connectivity index (χ3v) is 1.79. The molecular weight excluding hydrogens is 214 g/mol. The van der Waals surface area contributed by atoms with Gasteiger partial charge in [-0.25, -0.2) is 0 Å². The van der Waals surface area contributed by atoms with Crippen molar-refractivity contribution in [1.29, 1.82) is 0 Å². The van der Waals surface area contributed by atoms with Crippen LogP contribution in [0, 0.1) is 10.1 Å². The van der Waals surface area contributed by atoms with Gasteiger partial charge >= 0.3 is 0 Å². The summed E-state index contributed by atoms with van der Waals surface area (Å²) in [6, 6.07) is 1.47. The molecule has 0 saturated carbocycles. The second-order valence-corrected chi connectivity index (χ2v) is 3.00. The van der Waals surface area contributed by atoms with Crippen LogP contribution in [0.1, 0.15) is 0 Å². The molecule has 0 N–H and O–H groups in total. The van der Waals surface area contributed by atoms with Gasteiger partial charge in [0.2, 0.25) is 0 Å². The van der Waals surface area contributed by atoms with Crippen LogP contribution in [0.15, 0.2) is 24.7 Å². The van der Waals surface area contributed by atoms with Crippen LogP contribution in [0.3, 0.4) is 0 Å². The Morgan fingerprint density at radius 2 is 2.31 bits per heavy atom. The van der Waals surface area contributed by atoms with Gasteiger partial charge in [0.15, 0.2) is 0 Å². The molecule has 0 aliphatic heterocycles. The van der Waals surface area contributed by atoms with Crippen molar-refractivity contribution in [3.8, 4) is 17.0 Å². The van der Waals surface area contributed by atoms with Gasteiger partial charge in [-0.2, -0.15) is 0 Å². The summed E-state index contributed by atoms with van der Waals surface area (Å²) in [6.45, 7) is 0. The molecule has 16 heavy (non-hydrogen) atoms. The van der Waals surface area contributed by atoms with Crippen LogP contribution in [0.25, 0.3) is 11.3 Å². The minimum absolute atomic E-state index is 0.0492. The van der Waals surface area contributed by atoms with Crippen LogP contribution < -0.4 is 4.84 Å². The number of hydrogen-bond donors (Lipinski definition) is 0. The van der Waals surface area contributed by atoms with Gasteiger partial charge in [-0.3, -0.25) is 14.5 Å². The minimum atomic E-state index is -0.891. The third-order valence-electron chi connectivity index (χ3n) is 1.79. The SMILES string of the molecule is Cn1cc(-c2cncc(O[N+](=O)[O-])c2)nn1. The van der Waals surface area contributed by atoms with E-state index in [1.807, 2.05) is 0 Å². The lowest BCUT2D eigenvalue weighted by atomic mass is 10.2. The Hall–Kier alpha value is -2.51. The number of rotatable bonds is 3. The van der Waals surface area contributed by atoms with Crippen molar-refractivity contribution in [2.75, 3.05) is 0 Å². The summed E-state index contributed by atoms with van der Waals surface area (Å²) in [6.07, 6.45) is 4.45.